The van der Waals surface area contributed by atoms with E-state index in [9.17, 15) is 0 Å². The maximum Gasteiger partial charge on any atom is 0.0555 e. The van der Waals surface area contributed by atoms with Gasteiger partial charge in [0.15, 0.2) is 0 Å². The Morgan fingerprint density at radius 3 is 2.47 bits per heavy atom. The lowest BCUT2D eigenvalue weighted by molar-refractivity contribution is 0.530. The van der Waals surface area contributed by atoms with Crippen molar-refractivity contribution in [2.45, 2.75) is 71.8 Å². The largest absolute Gasteiger partial charge is 0.368 e. The van der Waals surface area contributed by atoms with E-state index >= 15 is 0 Å². The molecule has 0 amide bonds. The molecule has 19 heavy (non-hydrogen) atoms. The van der Waals surface area contributed by atoms with Crippen molar-refractivity contribution >= 4 is 5.69 Å². The van der Waals surface area contributed by atoms with Crippen LogP contribution in [-0.2, 0) is 0 Å². The summed E-state index contributed by atoms with van der Waals surface area (Å²) in [5.74, 6) is 0. The van der Waals surface area contributed by atoms with E-state index in [4.69, 9.17) is 0 Å². The molecule has 0 aliphatic rings. The Hall–Kier alpha value is -1.05. The standard InChI is InChI=1S/C17H30N2/c1-4-6-7-8-9-10-12-16(3)19(5-2)17-13-11-14-18-15-17/h11,13-16H,4-10,12H2,1-3H3. The summed E-state index contributed by atoms with van der Waals surface area (Å²) in [6, 6.07) is 4.80. The van der Waals surface area contributed by atoms with Gasteiger partial charge < -0.3 is 4.90 Å². The van der Waals surface area contributed by atoms with Crippen LogP contribution < -0.4 is 4.90 Å². The molecule has 1 aromatic heterocycles. The second-order valence-corrected chi connectivity index (χ2v) is 5.40. The monoisotopic (exact) mass is 262 g/mol. The number of rotatable bonds is 10. The average Bonchev–Trinajstić information content (AvgIpc) is 2.45. The summed E-state index contributed by atoms with van der Waals surface area (Å²) in [4.78, 5) is 6.68. The van der Waals surface area contributed by atoms with Gasteiger partial charge in [-0.15, -0.1) is 0 Å². The van der Waals surface area contributed by atoms with E-state index in [2.05, 4.69) is 36.7 Å². The highest BCUT2D eigenvalue weighted by Crippen LogP contribution is 2.18. The molecule has 108 valence electrons. The first-order valence-corrected chi connectivity index (χ1v) is 7.96. The Kier molecular flexibility index (Phi) is 8.28. The van der Waals surface area contributed by atoms with E-state index in [-0.39, 0.29) is 0 Å². The maximum absolute atomic E-state index is 4.22. The highest BCUT2D eigenvalue weighted by Gasteiger charge is 2.12. The van der Waals surface area contributed by atoms with Crippen molar-refractivity contribution in [2.75, 3.05) is 11.4 Å². The minimum absolute atomic E-state index is 0.611. The van der Waals surface area contributed by atoms with Gasteiger partial charge in [0.05, 0.1) is 11.9 Å². The number of pyridine rings is 1. The van der Waals surface area contributed by atoms with Gasteiger partial charge in [0.2, 0.25) is 0 Å². The van der Waals surface area contributed by atoms with Crippen LogP contribution in [0.5, 0.6) is 0 Å². The van der Waals surface area contributed by atoms with Crippen LogP contribution in [-0.4, -0.2) is 17.6 Å². The summed E-state index contributed by atoms with van der Waals surface area (Å²) in [5.41, 5.74) is 1.25. The quantitative estimate of drug-likeness (QED) is 0.549. The minimum atomic E-state index is 0.611. The predicted octanol–water partition coefficient (Wildman–Crippen LogP) is 5.05. The van der Waals surface area contributed by atoms with Gasteiger partial charge in [0.25, 0.3) is 0 Å². The molecule has 1 rings (SSSR count). The van der Waals surface area contributed by atoms with Crippen molar-refractivity contribution in [1.29, 1.82) is 0 Å². The molecule has 1 heterocycles. The number of aromatic nitrogens is 1. The molecule has 1 aromatic rings. The zero-order valence-corrected chi connectivity index (χ0v) is 12.9. The number of unbranched alkanes of at least 4 members (excludes halogenated alkanes) is 5. The topological polar surface area (TPSA) is 16.1 Å². The molecule has 1 unspecified atom stereocenters. The van der Waals surface area contributed by atoms with Gasteiger partial charge >= 0.3 is 0 Å². The van der Waals surface area contributed by atoms with Gasteiger partial charge in [0.1, 0.15) is 0 Å². The van der Waals surface area contributed by atoms with Gasteiger partial charge in [0, 0.05) is 18.8 Å². The second kappa shape index (κ2) is 9.82. The Balaban J connectivity index is 2.28. The smallest absolute Gasteiger partial charge is 0.0555 e. The van der Waals surface area contributed by atoms with Crippen molar-refractivity contribution < 1.29 is 0 Å². The number of nitrogens with zero attached hydrogens (tertiary/aromatic N) is 2. The van der Waals surface area contributed by atoms with Gasteiger partial charge in [-0.3, -0.25) is 4.98 Å². The third-order valence-corrected chi connectivity index (χ3v) is 3.83. The van der Waals surface area contributed by atoms with Crippen molar-refractivity contribution in [2.24, 2.45) is 0 Å². The summed E-state index contributed by atoms with van der Waals surface area (Å²) in [6.45, 7) is 7.89. The van der Waals surface area contributed by atoms with Crippen molar-refractivity contribution in [3.63, 3.8) is 0 Å². The van der Waals surface area contributed by atoms with Crippen molar-refractivity contribution in [1.82, 2.24) is 4.98 Å². The average molecular weight is 262 g/mol. The van der Waals surface area contributed by atoms with E-state index in [0.717, 1.165) is 6.54 Å². The van der Waals surface area contributed by atoms with E-state index < -0.39 is 0 Å². The van der Waals surface area contributed by atoms with Crippen LogP contribution in [0.4, 0.5) is 5.69 Å². The number of hydrogen-bond acceptors (Lipinski definition) is 2. The summed E-state index contributed by atoms with van der Waals surface area (Å²) in [7, 11) is 0. The first kappa shape index (κ1) is 16.0. The Bertz CT molecular complexity index is 310. The fourth-order valence-electron chi connectivity index (χ4n) is 2.65. The van der Waals surface area contributed by atoms with Crippen LogP contribution in [0.2, 0.25) is 0 Å². The zero-order valence-electron chi connectivity index (χ0n) is 12.9. The molecular formula is C17H30N2. The lowest BCUT2D eigenvalue weighted by atomic mass is 10.1. The minimum Gasteiger partial charge on any atom is -0.368 e. The molecule has 0 aromatic carbocycles. The number of hydrogen-bond donors (Lipinski definition) is 0. The van der Waals surface area contributed by atoms with Crippen molar-refractivity contribution in [3.8, 4) is 0 Å². The zero-order chi connectivity index (χ0) is 13.9. The molecule has 0 aliphatic carbocycles. The Morgan fingerprint density at radius 1 is 1.11 bits per heavy atom. The Labute approximate surface area is 119 Å². The summed E-state index contributed by atoms with van der Waals surface area (Å²) < 4.78 is 0. The van der Waals surface area contributed by atoms with E-state index in [1.165, 1.54) is 50.6 Å². The molecule has 0 N–H and O–H groups in total. The van der Waals surface area contributed by atoms with Crippen molar-refractivity contribution in [3.05, 3.63) is 24.5 Å². The molecule has 0 spiro atoms. The first-order valence-electron chi connectivity index (χ1n) is 7.96. The molecule has 0 radical (unpaired) electrons. The van der Waals surface area contributed by atoms with Gasteiger partial charge in [-0.2, -0.15) is 0 Å². The summed E-state index contributed by atoms with van der Waals surface area (Å²) in [6.07, 6.45) is 13.4. The molecule has 1 atom stereocenters. The molecule has 0 bridgehead atoms. The lowest BCUT2D eigenvalue weighted by Crippen LogP contribution is -2.32. The first-order chi connectivity index (χ1) is 9.29. The summed E-state index contributed by atoms with van der Waals surface area (Å²) in [5, 5.41) is 0. The van der Waals surface area contributed by atoms with E-state index in [1.54, 1.807) is 0 Å². The lowest BCUT2D eigenvalue weighted by Gasteiger charge is -2.30. The fraction of sp³-hybridized carbons (Fsp3) is 0.706. The normalized spacial score (nSPS) is 12.4. The van der Waals surface area contributed by atoms with Crippen LogP contribution in [0.3, 0.4) is 0 Å². The third-order valence-electron chi connectivity index (χ3n) is 3.83. The molecule has 0 fully saturated rings. The van der Waals surface area contributed by atoms with Crippen LogP contribution in [0.1, 0.15) is 65.7 Å². The molecular weight excluding hydrogens is 232 g/mol. The van der Waals surface area contributed by atoms with E-state index in [0.29, 0.717) is 6.04 Å². The van der Waals surface area contributed by atoms with Gasteiger partial charge in [-0.25, -0.2) is 0 Å². The van der Waals surface area contributed by atoms with Gasteiger partial charge in [-0.1, -0.05) is 45.4 Å². The van der Waals surface area contributed by atoms with Crippen LogP contribution in [0, 0.1) is 0 Å². The van der Waals surface area contributed by atoms with Crippen LogP contribution >= 0.6 is 0 Å². The van der Waals surface area contributed by atoms with Gasteiger partial charge in [-0.05, 0) is 32.4 Å². The predicted molar refractivity (Wildman–Crippen MR) is 84.7 cm³/mol. The van der Waals surface area contributed by atoms with Crippen LogP contribution in [0.25, 0.3) is 0 Å². The SMILES string of the molecule is CCCCCCCCC(C)N(CC)c1cccnc1. The van der Waals surface area contributed by atoms with Crippen LogP contribution in [0.15, 0.2) is 24.5 Å². The second-order valence-electron chi connectivity index (χ2n) is 5.40. The Morgan fingerprint density at radius 2 is 1.84 bits per heavy atom. The molecule has 0 saturated carbocycles. The maximum atomic E-state index is 4.22. The summed E-state index contributed by atoms with van der Waals surface area (Å²) >= 11 is 0. The highest BCUT2D eigenvalue weighted by molar-refractivity contribution is 5.44. The van der Waals surface area contributed by atoms with E-state index in [1.807, 2.05) is 18.5 Å². The molecule has 0 aliphatic heterocycles. The molecule has 0 saturated heterocycles. The number of anilines is 1. The molecule has 2 heteroatoms. The molecule has 2 nitrogen and oxygen atoms in total. The fourth-order valence-corrected chi connectivity index (χ4v) is 2.65. The highest BCUT2D eigenvalue weighted by atomic mass is 15.2. The third kappa shape index (κ3) is 6.09.